The first-order valence-electron chi connectivity index (χ1n) is 10.6. The number of rotatable bonds is 5. The third kappa shape index (κ3) is 4.34. The maximum Gasteiger partial charge on any atom is 0.266 e. The quantitative estimate of drug-likeness (QED) is 0.316. The Labute approximate surface area is 204 Å². The summed E-state index contributed by atoms with van der Waals surface area (Å²) in [4.78, 5) is 30.9. The van der Waals surface area contributed by atoms with Crippen LogP contribution in [0.25, 0.3) is 16.6 Å². The molecule has 3 aromatic carbocycles. The van der Waals surface area contributed by atoms with Crippen LogP contribution in [-0.2, 0) is 4.79 Å². The Bertz CT molecular complexity index is 1470. The second-order valence-electron chi connectivity index (χ2n) is 7.65. The van der Waals surface area contributed by atoms with Crippen LogP contribution in [0.3, 0.4) is 0 Å². The van der Waals surface area contributed by atoms with Crippen molar-refractivity contribution in [1.82, 2.24) is 9.55 Å². The van der Waals surface area contributed by atoms with Crippen molar-refractivity contribution in [3.8, 4) is 17.2 Å². The van der Waals surface area contributed by atoms with Crippen molar-refractivity contribution in [3.05, 3.63) is 81.6 Å². The topological polar surface area (TPSA) is 82.5 Å². The second kappa shape index (κ2) is 9.40. The molecule has 4 aromatic rings. The third-order valence-corrected chi connectivity index (χ3v) is 6.59. The molecule has 0 spiro atoms. The lowest BCUT2D eigenvalue weighted by Gasteiger charge is -2.20. The van der Waals surface area contributed by atoms with Crippen molar-refractivity contribution in [2.45, 2.75) is 12.1 Å². The van der Waals surface area contributed by atoms with E-state index in [1.54, 1.807) is 28.8 Å². The summed E-state index contributed by atoms with van der Waals surface area (Å²) in [6.45, 7) is 2.82. The monoisotopic (exact) mass is 493 g/mol. The van der Waals surface area contributed by atoms with Gasteiger partial charge in [-0.2, -0.15) is 0 Å². The van der Waals surface area contributed by atoms with Crippen molar-refractivity contribution in [3.63, 3.8) is 0 Å². The molecule has 1 N–H and O–H groups in total. The number of anilines is 1. The molecule has 0 fully saturated rings. The molecule has 2 heterocycles. The minimum Gasteiger partial charge on any atom is -0.486 e. The van der Waals surface area contributed by atoms with E-state index in [-0.39, 0.29) is 17.2 Å². The van der Waals surface area contributed by atoms with E-state index < -0.39 is 0 Å². The maximum atomic E-state index is 13.4. The van der Waals surface area contributed by atoms with Crippen LogP contribution >= 0.6 is 23.4 Å². The van der Waals surface area contributed by atoms with Crippen LogP contribution in [0.2, 0.25) is 5.02 Å². The summed E-state index contributed by atoms with van der Waals surface area (Å²) in [5.41, 5.74) is 2.48. The van der Waals surface area contributed by atoms with Gasteiger partial charge in [-0.15, -0.1) is 0 Å². The number of para-hydroxylation sites is 2. The van der Waals surface area contributed by atoms with Gasteiger partial charge in [-0.05, 0) is 30.7 Å². The van der Waals surface area contributed by atoms with Crippen molar-refractivity contribution in [1.29, 1.82) is 0 Å². The molecule has 0 aliphatic carbocycles. The fraction of sp³-hybridized carbons (Fsp3) is 0.160. The molecule has 0 atom stereocenters. The number of aryl methyl sites for hydroxylation is 1. The van der Waals surface area contributed by atoms with Crippen LogP contribution < -0.4 is 20.3 Å². The van der Waals surface area contributed by atoms with E-state index in [0.717, 1.165) is 11.3 Å². The molecular weight excluding hydrogens is 474 g/mol. The number of halogens is 1. The molecule has 9 heteroatoms. The van der Waals surface area contributed by atoms with E-state index in [0.29, 0.717) is 51.5 Å². The number of ether oxygens (including phenoxy) is 2. The lowest BCUT2D eigenvalue weighted by Crippen LogP contribution is -2.23. The number of carbonyl (C=O) groups is 1. The first kappa shape index (κ1) is 22.3. The predicted octanol–water partition coefficient (Wildman–Crippen LogP) is 4.85. The van der Waals surface area contributed by atoms with Gasteiger partial charge in [0.1, 0.15) is 13.2 Å². The number of carbonyl (C=O) groups excluding carboxylic acids is 1. The summed E-state index contributed by atoms with van der Waals surface area (Å²) in [5.74, 6) is 0.818. The molecule has 1 amide bonds. The van der Waals surface area contributed by atoms with E-state index in [1.807, 2.05) is 43.3 Å². The van der Waals surface area contributed by atoms with E-state index in [2.05, 4.69) is 5.32 Å². The van der Waals surface area contributed by atoms with Gasteiger partial charge in [0.15, 0.2) is 16.7 Å². The molecule has 0 radical (unpaired) electrons. The van der Waals surface area contributed by atoms with E-state index in [1.165, 1.54) is 11.8 Å². The van der Waals surface area contributed by atoms with Crippen LogP contribution in [0.4, 0.5) is 5.69 Å². The van der Waals surface area contributed by atoms with E-state index >= 15 is 0 Å². The summed E-state index contributed by atoms with van der Waals surface area (Å²) in [7, 11) is 0. The molecule has 0 saturated carbocycles. The number of aromatic nitrogens is 2. The van der Waals surface area contributed by atoms with Gasteiger partial charge < -0.3 is 14.8 Å². The standard InChI is InChI=1S/C25H20ClN3O4S/c1-15-6-2-5-9-20(15)29-24(31)16-7-3-4-8-18(16)28-25(29)34-14-23(30)27-19-13-22-21(12-17(19)26)32-10-11-33-22/h2-9,12-13H,10-11,14H2,1H3,(H,27,30). The highest BCUT2D eigenvalue weighted by atomic mass is 35.5. The Morgan fingerprint density at radius 3 is 2.59 bits per heavy atom. The second-order valence-corrected chi connectivity index (χ2v) is 9.00. The summed E-state index contributed by atoms with van der Waals surface area (Å²) < 4.78 is 12.6. The molecule has 1 aliphatic heterocycles. The van der Waals surface area contributed by atoms with Gasteiger partial charge in [0, 0.05) is 12.1 Å². The van der Waals surface area contributed by atoms with Crippen LogP contribution in [0.5, 0.6) is 11.5 Å². The predicted molar refractivity (Wildman–Crippen MR) is 134 cm³/mol. The number of amides is 1. The van der Waals surface area contributed by atoms with Crippen molar-refractivity contribution in [2.24, 2.45) is 0 Å². The first-order chi connectivity index (χ1) is 16.5. The summed E-state index contributed by atoms with van der Waals surface area (Å²) in [6, 6.07) is 18.0. The van der Waals surface area contributed by atoms with Crippen molar-refractivity contribution >= 4 is 45.9 Å². The molecule has 5 rings (SSSR count). The summed E-state index contributed by atoms with van der Waals surface area (Å²) in [5, 5.41) is 4.11. The number of nitrogens with zero attached hydrogens (tertiary/aromatic N) is 2. The molecular formula is C25H20ClN3O4S. The summed E-state index contributed by atoms with van der Waals surface area (Å²) >= 11 is 7.50. The van der Waals surface area contributed by atoms with Gasteiger partial charge in [0.05, 0.1) is 33.1 Å². The van der Waals surface area contributed by atoms with Crippen LogP contribution in [0.15, 0.2) is 70.6 Å². The highest BCUT2D eigenvalue weighted by Crippen LogP contribution is 2.38. The molecule has 1 aromatic heterocycles. The fourth-order valence-electron chi connectivity index (χ4n) is 3.71. The first-order valence-corrected chi connectivity index (χ1v) is 12.0. The van der Waals surface area contributed by atoms with Gasteiger partial charge in [-0.1, -0.05) is 53.7 Å². The Balaban J connectivity index is 1.44. The van der Waals surface area contributed by atoms with Gasteiger partial charge in [-0.3, -0.25) is 14.2 Å². The Hall–Kier alpha value is -3.49. The smallest absolute Gasteiger partial charge is 0.266 e. The number of benzene rings is 3. The molecule has 1 aliphatic rings. The van der Waals surface area contributed by atoms with Crippen molar-refractivity contribution < 1.29 is 14.3 Å². The number of hydrogen-bond donors (Lipinski definition) is 1. The Kier molecular flexibility index (Phi) is 6.17. The minimum atomic E-state index is -0.290. The van der Waals surface area contributed by atoms with E-state index in [9.17, 15) is 9.59 Å². The average molecular weight is 494 g/mol. The SMILES string of the molecule is Cc1ccccc1-n1c(SCC(=O)Nc2cc3c(cc2Cl)OCCO3)nc2ccccc2c1=O. The number of nitrogens with one attached hydrogen (secondary N) is 1. The van der Waals surface area contributed by atoms with Crippen molar-refractivity contribution in [2.75, 3.05) is 24.3 Å². The minimum absolute atomic E-state index is 0.0292. The summed E-state index contributed by atoms with van der Waals surface area (Å²) in [6.07, 6.45) is 0. The number of thioether (sulfide) groups is 1. The maximum absolute atomic E-state index is 13.4. The molecule has 0 bridgehead atoms. The highest BCUT2D eigenvalue weighted by Gasteiger charge is 2.18. The zero-order valence-corrected chi connectivity index (χ0v) is 19.8. The highest BCUT2D eigenvalue weighted by molar-refractivity contribution is 7.99. The fourth-order valence-corrected chi connectivity index (χ4v) is 4.72. The Morgan fingerprint density at radius 2 is 1.79 bits per heavy atom. The molecule has 172 valence electrons. The average Bonchev–Trinajstić information content (AvgIpc) is 2.84. The van der Waals surface area contributed by atoms with Gasteiger partial charge >= 0.3 is 0 Å². The number of hydrogen-bond acceptors (Lipinski definition) is 6. The lowest BCUT2D eigenvalue weighted by molar-refractivity contribution is -0.113. The molecule has 7 nitrogen and oxygen atoms in total. The molecule has 0 unspecified atom stereocenters. The zero-order chi connectivity index (χ0) is 23.7. The van der Waals surface area contributed by atoms with Crippen LogP contribution in [0.1, 0.15) is 5.56 Å². The largest absolute Gasteiger partial charge is 0.486 e. The zero-order valence-electron chi connectivity index (χ0n) is 18.2. The van der Waals surface area contributed by atoms with Crippen LogP contribution in [-0.4, -0.2) is 34.4 Å². The van der Waals surface area contributed by atoms with Gasteiger partial charge in [0.2, 0.25) is 5.91 Å². The molecule has 34 heavy (non-hydrogen) atoms. The third-order valence-electron chi connectivity index (χ3n) is 5.34. The van der Waals surface area contributed by atoms with Crippen LogP contribution in [0, 0.1) is 6.92 Å². The normalized spacial score (nSPS) is 12.5. The van der Waals surface area contributed by atoms with Gasteiger partial charge in [0.25, 0.3) is 5.56 Å². The lowest BCUT2D eigenvalue weighted by atomic mass is 10.2. The molecule has 0 saturated heterocycles. The number of fused-ring (bicyclic) bond motifs is 2. The van der Waals surface area contributed by atoms with Gasteiger partial charge in [-0.25, -0.2) is 4.98 Å². The Morgan fingerprint density at radius 1 is 1.09 bits per heavy atom. The van der Waals surface area contributed by atoms with E-state index in [4.69, 9.17) is 26.1 Å².